The molecule has 2 atom stereocenters. The first kappa shape index (κ1) is 19.2. The van der Waals surface area contributed by atoms with Crippen molar-refractivity contribution < 1.29 is 0 Å². The van der Waals surface area contributed by atoms with Crippen molar-refractivity contribution in [1.29, 1.82) is 5.26 Å². The largest absolute Gasteiger partial charge is 0.289 e. The second-order valence-electron chi connectivity index (χ2n) is 6.74. The van der Waals surface area contributed by atoms with Crippen LogP contribution in [0.2, 0.25) is 0 Å². The summed E-state index contributed by atoms with van der Waals surface area (Å²) in [5.74, 6) is 0. The SMILES string of the molecule is CCCCC(CCC#N)N(Cc1ccccc1)C(C)c1ccccc1. The van der Waals surface area contributed by atoms with Gasteiger partial charge >= 0.3 is 0 Å². The summed E-state index contributed by atoms with van der Waals surface area (Å²) in [4.78, 5) is 2.59. The van der Waals surface area contributed by atoms with E-state index in [1.807, 2.05) is 0 Å². The molecule has 0 aromatic heterocycles. The smallest absolute Gasteiger partial charge is 0.0622 e. The van der Waals surface area contributed by atoms with Crippen molar-refractivity contribution >= 4 is 0 Å². The molecule has 0 radical (unpaired) electrons. The predicted molar refractivity (Wildman–Crippen MR) is 105 cm³/mol. The molecule has 0 amide bonds. The second kappa shape index (κ2) is 10.7. The van der Waals surface area contributed by atoms with Crippen LogP contribution in [0.1, 0.15) is 63.1 Å². The van der Waals surface area contributed by atoms with Crippen molar-refractivity contribution in [2.75, 3.05) is 0 Å². The fourth-order valence-electron chi connectivity index (χ4n) is 3.45. The molecule has 0 aliphatic heterocycles. The summed E-state index contributed by atoms with van der Waals surface area (Å²) in [5.41, 5.74) is 2.68. The van der Waals surface area contributed by atoms with Crippen molar-refractivity contribution in [2.24, 2.45) is 0 Å². The summed E-state index contributed by atoms with van der Waals surface area (Å²) in [5, 5.41) is 9.10. The molecule has 2 aromatic carbocycles. The Labute approximate surface area is 153 Å². The molecule has 0 fully saturated rings. The summed E-state index contributed by atoms with van der Waals surface area (Å²) in [7, 11) is 0. The quantitative estimate of drug-likeness (QED) is 0.524. The van der Waals surface area contributed by atoms with Gasteiger partial charge in [0.05, 0.1) is 6.07 Å². The normalized spacial score (nSPS) is 13.4. The van der Waals surface area contributed by atoms with Gasteiger partial charge in [0.15, 0.2) is 0 Å². The Balaban J connectivity index is 2.26. The van der Waals surface area contributed by atoms with Crippen LogP contribution >= 0.6 is 0 Å². The van der Waals surface area contributed by atoms with E-state index in [0.29, 0.717) is 18.5 Å². The van der Waals surface area contributed by atoms with Gasteiger partial charge in [-0.1, -0.05) is 80.4 Å². The average Bonchev–Trinajstić information content (AvgIpc) is 2.67. The van der Waals surface area contributed by atoms with Gasteiger partial charge < -0.3 is 0 Å². The second-order valence-corrected chi connectivity index (χ2v) is 6.74. The first-order valence-electron chi connectivity index (χ1n) is 9.47. The molecule has 0 aliphatic carbocycles. The lowest BCUT2D eigenvalue weighted by Gasteiger charge is -2.37. The first-order chi connectivity index (χ1) is 12.3. The van der Waals surface area contributed by atoms with Gasteiger partial charge in [-0.2, -0.15) is 5.26 Å². The lowest BCUT2D eigenvalue weighted by atomic mass is 9.97. The van der Waals surface area contributed by atoms with E-state index in [9.17, 15) is 0 Å². The van der Waals surface area contributed by atoms with Crippen molar-refractivity contribution in [1.82, 2.24) is 4.90 Å². The minimum absolute atomic E-state index is 0.335. The molecule has 0 aliphatic rings. The number of hydrogen-bond donors (Lipinski definition) is 0. The predicted octanol–water partition coefficient (Wildman–Crippen LogP) is 6.11. The van der Waals surface area contributed by atoms with Crippen molar-refractivity contribution in [2.45, 2.75) is 64.6 Å². The first-order valence-corrected chi connectivity index (χ1v) is 9.47. The molecule has 0 saturated carbocycles. The van der Waals surface area contributed by atoms with Crippen molar-refractivity contribution in [3.05, 3.63) is 71.8 Å². The summed E-state index contributed by atoms with van der Waals surface area (Å²) >= 11 is 0. The molecule has 0 bridgehead atoms. The third-order valence-electron chi connectivity index (χ3n) is 4.94. The summed E-state index contributed by atoms with van der Waals surface area (Å²) in [6.45, 7) is 5.46. The van der Waals surface area contributed by atoms with Gasteiger partial charge in [-0.3, -0.25) is 4.90 Å². The summed E-state index contributed by atoms with van der Waals surface area (Å²) in [6.07, 6.45) is 5.13. The summed E-state index contributed by atoms with van der Waals surface area (Å²) in [6, 6.07) is 24.5. The molecule has 2 nitrogen and oxygen atoms in total. The number of nitrogens with zero attached hydrogens (tertiary/aromatic N) is 2. The molecule has 25 heavy (non-hydrogen) atoms. The Hall–Kier alpha value is -2.11. The van der Waals surface area contributed by atoms with E-state index in [4.69, 9.17) is 5.26 Å². The molecule has 0 N–H and O–H groups in total. The Morgan fingerprint density at radius 3 is 2.20 bits per heavy atom. The van der Waals surface area contributed by atoms with Gasteiger partial charge in [-0.05, 0) is 30.9 Å². The van der Waals surface area contributed by atoms with E-state index in [2.05, 4.69) is 85.5 Å². The zero-order valence-electron chi connectivity index (χ0n) is 15.6. The van der Waals surface area contributed by atoms with Gasteiger partial charge in [0.1, 0.15) is 0 Å². The number of hydrogen-bond acceptors (Lipinski definition) is 2. The van der Waals surface area contributed by atoms with Crippen LogP contribution in [-0.4, -0.2) is 10.9 Å². The fraction of sp³-hybridized carbons (Fsp3) is 0.435. The maximum Gasteiger partial charge on any atom is 0.0622 e. The van der Waals surface area contributed by atoms with E-state index in [0.717, 1.165) is 19.4 Å². The van der Waals surface area contributed by atoms with Crippen LogP contribution < -0.4 is 0 Å². The number of benzene rings is 2. The van der Waals surface area contributed by atoms with E-state index >= 15 is 0 Å². The van der Waals surface area contributed by atoms with Crippen LogP contribution in [-0.2, 0) is 6.54 Å². The summed E-state index contributed by atoms with van der Waals surface area (Å²) < 4.78 is 0. The molecular formula is C23H30N2. The number of nitriles is 1. The molecule has 2 heteroatoms. The highest BCUT2D eigenvalue weighted by Gasteiger charge is 2.24. The molecule has 2 rings (SSSR count). The van der Waals surface area contributed by atoms with E-state index in [1.54, 1.807) is 0 Å². The van der Waals surface area contributed by atoms with E-state index in [1.165, 1.54) is 24.0 Å². The number of rotatable bonds is 10. The van der Waals surface area contributed by atoms with Gasteiger partial charge in [0.25, 0.3) is 0 Å². The molecule has 132 valence electrons. The molecule has 0 spiro atoms. The van der Waals surface area contributed by atoms with Crippen LogP contribution in [0, 0.1) is 11.3 Å². The molecule has 2 aromatic rings. The van der Waals surface area contributed by atoms with Crippen molar-refractivity contribution in [3.63, 3.8) is 0 Å². The highest BCUT2D eigenvalue weighted by molar-refractivity contribution is 5.20. The lowest BCUT2D eigenvalue weighted by molar-refractivity contribution is 0.118. The number of unbranched alkanes of at least 4 members (excludes halogenated alkanes) is 1. The van der Waals surface area contributed by atoms with E-state index in [-0.39, 0.29) is 0 Å². The zero-order chi connectivity index (χ0) is 17.9. The zero-order valence-corrected chi connectivity index (χ0v) is 15.6. The van der Waals surface area contributed by atoms with Crippen LogP contribution in [0.5, 0.6) is 0 Å². The van der Waals surface area contributed by atoms with Gasteiger partial charge in [0.2, 0.25) is 0 Å². The molecule has 0 saturated heterocycles. The van der Waals surface area contributed by atoms with Crippen LogP contribution in [0.15, 0.2) is 60.7 Å². The van der Waals surface area contributed by atoms with Gasteiger partial charge in [0, 0.05) is 25.0 Å². The van der Waals surface area contributed by atoms with Gasteiger partial charge in [-0.15, -0.1) is 0 Å². The highest BCUT2D eigenvalue weighted by Crippen LogP contribution is 2.28. The average molecular weight is 335 g/mol. The van der Waals surface area contributed by atoms with E-state index < -0.39 is 0 Å². The van der Waals surface area contributed by atoms with Crippen molar-refractivity contribution in [3.8, 4) is 6.07 Å². The van der Waals surface area contributed by atoms with Crippen LogP contribution in [0.4, 0.5) is 0 Å². The Kier molecular flexibility index (Phi) is 8.22. The maximum absolute atomic E-state index is 9.10. The minimum atomic E-state index is 0.335. The van der Waals surface area contributed by atoms with Crippen LogP contribution in [0.3, 0.4) is 0 Å². The standard InChI is InChI=1S/C23H30N2/c1-3-4-16-23(17-11-18-24)25(19-21-12-7-5-8-13-21)20(2)22-14-9-6-10-15-22/h5-10,12-15,20,23H,3-4,11,16-17,19H2,1-2H3. The monoisotopic (exact) mass is 334 g/mol. The lowest BCUT2D eigenvalue weighted by Crippen LogP contribution is -2.37. The molecular weight excluding hydrogens is 304 g/mol. The molecule has 2 unspecified atom stereocenters. The van der Waals surface area contributed by atoms with Crippen LogP contribution in [0.25, 0.3) is 0 Å². The Bertz CT molecular complexity index is 630. The topological polar surface area (TPSA) is 27.0 Å². The maximum atomic E-state index is 9.10. The molecule has 0 heterocycles. The third-order valence-corrected chi connectivity index (χ3v) is 4.94. The Morgan fingerprint density at radius 1 is 0.960 bits per heavy atom. The highest BCUT2D eigenvalue weighted by atomic mass is 15.2. The Morgan fingerprint density at radius 2 is 1.60 bits per heavy atom. The fourth-order valence-corrected chi connectivity index (χ4v) is 3.45. The van der Waals surface area contributed by atoms with Gasteiger partial charge in [-0.25, -0.2) is 0 Å². The third kappa shape index (κ3) is 6.03. The minimum Gasteiger partial charge on any atom is -0.289 e.